The van der Waals surface area contributed by atoms with E-state index in [-0.39, 0.29) is 0 Å². The fourth-order valence-electron chi connectivity index (χ4n) is 1.74. The van der Waals surface area contributed by atoms with E-state index >= 15 is 0 Å². The summed E-state index contributed by atoms with van der Waals surface area (Å²) in [6, 6.07) is 3.82. The van der Waals surface area contributed by atoms with Gasteiger partial charge in [0.1, 0.15) is 11.5 Å². The average Bonchev–Trinajstić information content (AvgIpc) is 2.93. The second-order valence-corrected chi connectivity index (χ2v) is 5.86. The molecule has 2 N–H and O–H groups in total. The molecule has 2 rings (SSSR count). The Kier molecular flexibility index (Phi) is 5.83. The highest BCUT2D eigenvalue weighted by atomic mass is 79.9. The molecule has 0 atom stereocenters. The maximum absolute atomic E-state index is 5.53. The molecule has 0 spiro atoms. The minimum atomic E-state index is 0.494. The number of halogens is 1. The number of nitrogens with two attached hydrogens (primary N) is 1. The highest BCUT2D eigenvalue weighted by Crippen LogP contribution is 2.35. The van der Waals surface area contributed by atoms with Crippen LogP contribution in [-0.4, -0.2) is 41.0 Å². The maximum atomic E-state index is 5.53. The second kappa shape index (κ2) is 7.62. The molecular weight excluding hydrogens is 358 g/mol. The number of methoxy groups -OCH3 is 2. The van der Waals surface area contributed by atoms with Crippen molar-refractivity contribution in [3.05, 3.63) is 22.2 Å². The summed E-state index contributed by atoms with van der Waals surface area (Å²) in [7, 11) is 3.27. The van der Waals surface area contributed by atoms with Crippen LogP contribution in [0.15, 0.2) is 21.8 Å². The van der Waals surface area contributed by atoms with Gasteiger partial charge in [0.2, 0.25) is 5.16 Å². The Morgan fingerprint density at radius 3 is 2.71 bits per heavy atom. The molecule has 0 aliphatic rings. The van der Waals surface area contributed by atoms with E-state index in [0.717, 1.165) is 26.7 Å². The molecule has 2 aromatic rings. The SMILES string of the molecule is COc1cc(CSc2nnnn2CCN)c(OC)cc1Br. The number of hydrogen-bond donors (Lipinski definition) is 1. The Morgan fingerprint density at radius 2 is 2.05 bits per heavy atom. The van der Waals surface area contributed by atoms with Crippen molar-refractivity contribution in [2.75, 3.05) is 20.8 Å². The molecule has 1 heterocycles. The molecule has 0 fully saturated rings. The Hall–Kier alpha value is -1.32. The number of benzene rings is 1. The van der Waals surface area contributed by atoms with E-state index < -0.39 is 0 Å². The van der Waals surface area contributed by atoms with Gasteiger partial charge in [-0.2, -0.15) is 0 Å². The molecule has 0 aliphatic carbocycles. The van der Waals surface area contributed by atoms with Crippen LogP contribution in [-0.2, 0) is 12.3 Å². The van der Waals surface area contributed by atoms with E-state index in [0.29, 0.717) is 18.8 Å². The molecule has 0 radical (unpaired) electrons. The molecule has 0 amide bonds. The quantitative estimate of drug-likeness (QED) is 0.738. The number of rotatable bonds is 7. The zero-order chi connectivity index (χ0) is 15.2. The summed E-state index contributed by atoms with van der Waals surface area (Å²) < 4.78 is 13.2. The van der Waals surface area contributed by atoms with Gasteiger partial charge in [0.25, 0.3) is 0 Å². The molecule has 7 nitrogen and oxygen atoms in total. The van der Waals surface area contributed by atoms with Crippen molar-refractivity contribution in [2.45, 2.75) is 17.5 Å². The molecule has 0 unspecified atom stereocenters. The van der Waals surface area contributed by atoms with E-state index in [4.69, 9.17) is 15.2 Å². The predicted molar refractivity (Wildman–Crippen MR) is 83.7 cm³/mol. The lowest BCUT2D eigenvalue weighted by atomic mass is 10.2. The van der Waals surface area contributed by atoms with Gasteiger partial charge in [-0.25, -0.2) is 4.68 Å². The molecule has 1 aromatic carbocycles. The van der Waals surface area contributed by atoms with E-state index in [1.54, 1.807) is 18.9 Å². The van der Waals surface area contributed by atoms with Crippen molar-refractivity contribution in [1.82, 2.24) is 20.2 Å². The van der Waals surface area contributed by atoms with Gasteiger partial charge in [-0.3, -0.25) is 0 Å². The first kappa shape index (κ1) is 16.1. The number of nitrogens with zero attached hydrogens (tertiary/aromatic N) is 4. The summed E-state index contributed by atoms with van der Waals surface area (Å²) in [4.78, 5) is 0. The van der Waals surface area contributed by atoms with Crippen LogP contribution in [0.2, 0.25) is 0 Å². The van der Waals surface area contributed by atoms with Gasteiger partial charge in [0.15, 0.2) is 0 Å². The van der Waals surface area contributed by atoms with E-state index in [1.807, 2.05) is 12.1 Å². The summed E-state index contributed by atoms with van der Waals surface area (Å²) in [5.74, 6) is 2.21. The number of hydrogen-bond acceptors (Lipinski definition) is 7. The smallest absolute Gasteiger partial charge is 0.209 e. The van der Waals surface area contributed by atoms with Gasteiger partial charge in [-0.15, -0.1) is 5.10 Å². The van der Waals surface area contributed by atoms with Gasteiger partial charge in [0.05, 0.1) is 25.2 Å². The van der Waals surface area contributed by atoms with Crippen molar-refractivity contribution in [1.29, 1.82) is 0 Å². The van der Waals surface area contributed by atoms with Gasteiger partial charge >= 0.3 is 0 Å². The van der Waals surface area contributed by atoms with Gasteiger partial charge in [0, 0.05) is 17.9 Å². The Balaban J connectivity index is 2.17. The largest absolute Gasteiger partial charge is 0.496 e. The zero-order valence-corrected chi connectivity index (χ0v) is 14.1. The highest BCUT2D eigenvalue weighted by molar-refractivity contribution is 9.10. The zero-order valence-electron chi connectivity index (χ0n) is 11.7. The third-order valence-corrected chi connectivity index (χ3v) is 4.38. The van der Waals surface area contributed by atoms with Crippen LogP contribution in [0.1, 0.15) is 5.56 Å². The first-order valence-corrected chi connectivity index (χ1v) is 7.97. The number of aromatic nitrogens is 4. The molecular formula is C12H16BrN5O2S. The molecule has 0 aliphatic heterocycles. The first-order chi connectivity index (χ1) is 10.2. The normalized spacial score (nSPS) is 10.7. The lowest BCUT2D eigenvalue weighted by Gasteiger charge is -2.12. The summed E-state index contributed by atoms with van der Waals surface area (Å²) in [5.41, 5.74) is 6.53. The predicted octanol–water partition coefficient (Wildman–Crippen LogP) is 1.70. The topological polar surface area (TPSA) is 88.1 Å². The third kappa shape index (κ3) is 3.86. The summed E-state index contributed by atoms with van der Waals surface area (Å²) in [6.45, 7) is 1.09. The maximum Gasteiger partial charge on any atom is 0.209 e. The Labute approximate surface area is 135 Å². The summed E-state index contributed by atoms with van der Waals surface area (Å²) in [5, 5.41) is 12.3. The lowest BCUT2D eigenvalue weighted by molar-refractivity contribution is 0.398. The Bertz CT molecular complexity index is 607. The Morgan fingerprint density at radius 1 is 1.29 bits per heavy atom. The summed E-state index contributed by atoms with van der Waals surface area (Å²) in [6.07, 6.45) is 0. The molecule has 0 bridgehead atoms. The number of ether oxygens (including phenoxy) is 2. The van der Waals surface area contributed by atoms with Gasteiger partial charge < -0.3 is 15.2 Å². The second-order valence-electron chi connectivity index (χ2n) is 4.06. The molecule has 114 valence electrons. The number of thioether (sulfide) groups is 1. The van der Waals surface area contributed by atoms with Crippen molar-refractivity contribution in [2.24, 2.45) is 5.73 Å². The first-order valence-electron chi connectivity index (χ1n) is 6.19. The van der Waals surface area contributed by atoms with Gasteiger partial charge in [-0.05, 0) is 38.5 Å². The summed E-state index contributed by atoms with van der Waals surface area (Å²) >= 11 is 4.96. The van der Waals surface area contributed by atoms with Crippen LogP contribution in [0.3, 0.4) is 0 Å². The molecule has 9 heteroatoms. The average molecular weight is 374 g/mol. The van der Waals surface area contributed by atoms with Crippen molar-refractivity contribution >= 4 is 27.7 Å². The fraction of sp³-hybridized carbons (Fsp3) is 0.417. The van der Waals surface area contributed by atoms with Crippen molar-refractivity contribution in [3.8, 4) is 11.5 Å². The van der Waals surface area contributed by atoms with E-state index in [9.17, 15) is 0 Å². The van der Waals surface area contributed by atoms with Crippen LogP contribution < -0.4 is 15.2 Å². The monoisotopic (exact) mass is 373 g/mol. The fourth-order valence-corrected chi connectivity index (χ4v) is 3.11. The van der Waals surface area contributed by atoms with Crippen LogP contribution >= 0.6 is 27.7 Å². The standard InChI is InChI=1S/C12H16BrN5O2S/c1-19-10-6-9(13)11(20-2)5-8(10)7-21-12-15-16-17-18(12)4-3-14/h5-6H,3-4,7,14H2,1-2H3. The van der Waals surface area contributed by atoms with Crippen LogP contribution in [0.25, 0.3) is 0 Å². The molecule has 1 aromatic heterocycles. The number of tetrazole rings is 1. The molecule has 21 heavy (non-hydrogen) atoms. The minimum Gasteiger partial charge on any atom is -0.496 e. The van der Waals surface area contributed by atoms with Crippen molar-refractivity contribution < 1.29 is 9.47 Å². The van der Waals surface area contributed by atoms with E-state index in [1.165, 1.54) is 11.8 Å². The van der Waals surface area contributed by atoms with Crippen LogP contribution in [0.4, 0.5) is 0 Å². The van der Waals surface area contributed by atoms with E-state index in [2.05, 4.69) is 31.5 Å². The van der Waals surface area contributed by atoms with Crippen LogP contribution in [0, 0.1) is 0 Å². The highest BCUT2D eigenvalue weighted by Gasteiger charge is 2.12. The lowest BCUT2D eigenvalue weighted by Crippen LogP contribution is -2.12. The van der Waals surface area contributed by atoms with Gasteiger partial charge in [-0.1, -0.05) is 11.8 Å². The molecule has 0 saturated carbocycles. The third-order valence-electron chi connectivity index (χ3n) is 2.75. The molecule has 0 saturated heterocycles. The van der Waals surface area contributed by atoms with Crippen LogP contribution in [0.5, 0.6) is 11.5 Å². The van der Waals surface area contributed by atoms with Crippen molar-refractivity contribution in [3.63, 3.8) is 0 Å². The minimum absolute atomic E-state index is 0.494.